The number of imidazole rings is 1. The molecule has 4 aromatic rings. The van der Waals surface area contributed by atoms with Gasteiger partial charge in [0.25, 0.3) is 11.5 Å². The van der Waals surface area contributed by atoms with E-state index < -0.39 is 0 Å². The lowest BCUT2D eigenvalue weighted by Gasteiger charge is -2.03. The summed E-state index contributed by atoms with van der Waals surface area (Å²) in [6, 6.07) is 11.0. The molecule has 0 unspecified atom stereocenters. The van der Waals surface area contributed by atoms with Crippen molar-refractivity contribution in [1.29, 1.82) is 0 Å². The van der Waals surface area contributed by atoms with Crippen LogP contribution < -0.4 is 10.9 Å². The second kappa shape index (κ2) is 7.47. The highest BCUT2D eigenvalue weighted by Crippen LogP contribution is 2.13. The van der Waals surface area contributed by atoms with Crippen LogP contribution in [-0.2, 0) is 13.0 Å². The van der Waals surface area contributed by atoms with Gasteiger partial charge in [-0.15, -0.1) is 0 Å². The van der Waals surface area contributed by atoms with Crippen LogP contribution in [0.25, 0.3) is 11.0 Å². The Morgan fingerprint density at radius 3 is 2.96 bits per heavy atom. The molecule has 0 atom stereocenters. The molecule has 0 aliphatic carbocycles. The van der Waals surface area contributed by atoms with Crippen LogP contribution in [-0.4, -0.2) is 42.2 Å². The van der Waals surface area contributed by atoms with Crippen LogP contribution in [0.2, 0.25) is 0 Å². The maximum absolute atomic E-state index is 12.3. The van der Waals surface area contributed by atoms with E-state index in [1.807, 2.05) is 28.8 Å². The van der Waals surface area contributed by atoms with Gasteiger partial charge in [0, 0.05) is 24.7 Å². The van der Waals surface area contributed by atoms with Crippen LogP contribution in [0.4, 0.5) is 0 Å². The Morgan fingerprint density at radius 2 is 2.11 bits per heavy atom. The van der Waals surface area contributed by atoms with Crippen molar-refractivity contribution < 1.29 is 4.79 Å². The van der Waals surface area contributed by atoms with Crippen molar-refractivity contribution in [2.24, 2.45) is 0 Å². The molecule has 4 rings (SSSR count). The lowest BCUT2D eigenvalue weighted by molar-refractivity contribution is 0.0949. The number of para-hydroxylation sites is 2. The van der Waals surface area contributed by atoms with Gasteiger partial charge in [0.05, 0.1) is 29.6 Å². The third kappa shape index (κ3) is 3.83. The Kier molecular flexibility index (Phi) is 4.71. The van der Waals surface area contributed by atoms with Crippen LogP contribution in [0, 0.1) is 6.92 Å². The van der Waals surface area contributed by atoms with Gasteiger partial charge in [-0.2, -0.15) is 5.10 Å². The maximum atomic E-state index is 12.3. The molecule has 0 fully saturated rings. The number of hydrogen-bond acceptors (Lipinski definition) is 5. The highest BCUT2D eigenvalue weighted by Gasteiger charge is 2.11. The molecular weight excluding hydrogens is 358 g/mol. The number of carbonyl (C=O) groups excluding carboxylic acids is 1. The minimum absolute atomic E-state index is 0.196. The van der Waals surface area contributed by atoms with Crippen molar-refractivity contribution in [3.63, 3.8) is 0 Å². The largest absolute Gasteiger partial charge is 0.350 e. The van der Waals surface area contributed by atoms with Gasteiger partial charge in [0.2, 0.25) is 0 Å². The smallest absolute Gasteiger partial charge is 0.271 e. The SMILES string of the molecule is Cc1cc(=O)[nH]c(CCNC(=O)c2cc(Cn3cnc4ccccc43)[nH]n2)n1. The van der Waals surface area contributed by atoms with E-state index in [9.17, 15) is 9.59 Å². The predicted octanol–water partition coefficient (Wildman–Crippen LogP) is 1.17. The molecule has 0 bridgehead atoms. The summed E-state index contributed by atoms with van der Waals surface area (Å²) in [6.07, 6.45) is 2.20. The topological polar surface area (TPSA) is 121 Å². The quantitative estimate of drug-likeness (QED) is 0.466. The Balaban J connectivity index is 1.37. The van der Waals surface area contributed by atoms with E-state index in [0.717, 1.165) is 16.7 Å². The molecule has 0 spiro atoms. The number of nitrogens with zero attached hydrogens (tertiary/aromatic N) is 4. The fourth-order valence-corrected chi connectivity index (χ4v) is 3.02. The number of fused-ring (bicyclic) bond motifs is 1. The molecule has 9 nitrogen and oxygen atoms in total. The van der Waals surface area contributed by atoms with Gasteiger partial charge in [-0.1, -0.05) is 12.1 Å². The summed E-state index contributed by atoms with van der Waals surface area (Å²) in [5, 5.41) is 9.77. The highest BCUT2D eigenvalue weighted by molar-refractivity contribution is 5.92. The van der Waals surface area contributed by atoms with Crippen LogP contribution >= 0.6 is 0 Å². The zero-order valence-corrected chi connectivity index (χ0v) is 15.3. The van der Waals surface area contributed by atoms with E-state index in [-0.39, 0.29) is 11.5 Å². The van der Waals surface area contributed by atoms with Crippen molar-refractivity contribution in [3.8, 4) is 0 Å². The average molecular weight is 377 g/mol. The number of aryl methyl sites for hydroxylation is 1. The monoisotopic (exact) mass is 377 g/mol. The molecule has 9 heteroatoms. The van der Waals surface area contributed by atoms with Crippen molar-refractivity contribution in [2.75, 3.05) is 6.54 Å². The first-order valence-electron chi connectivity index (χ1n) is 8.88. The Bertz CT molecular complexity index is 1190. The number of H-pyrrole nitrogens is 2. The molecular formula is C19H19N7O2. The molecule has 1 aromatic carbocycles. The second-order valence-electron chi connectivity index (χ2n) is 6.48. The number of aromatic amines is 2. The molecule has 0 saturated carbocycles. The number of benzene rings is 1. The summed E-state index contributed by atoms with van der Waals surface area (Å²) in [5.74, 6) is 0.257. The van der Waals surface area contributed by atoms with Crippen molar-refractivity contribution in [1.82, 2.24) is 35.0 Å². The van der Waals surface area contributed by atoms with Crippen LogP contribution in [0.5, 0.6) is 0 Å². The van der Waals surface area contributed by atoms with Crippen LogP contribution in [0.1, 0.15) is 27.7 Å². The number of amides is 1. The standard InChI is InChI=1S/C19H19N7O2/c1-12-8-18(27)23-17(22-12)6-7-20-19(28)15-9-13(24-25-15)10-26-11-21-14-4-2-3-5-16(14)26/h2-5,8-9,11H,6-7,10H2,1H3,(H,20,28)(H,24,25)(H,22,23,27). The number of hydrogen-bond donors (Lipinski definition) is 3. The molecule has 3 N–H and O–H groups in total. The zero-order valence-electron chi connectivity index (χ0n) is 15.3. The van der Waals surface area contributed by atoms with Gasteiger partial charge in [0.1, 0.15) is 11.5 Å². The normalized spacial score (nSPS) is 11.0. The first-order valence-corrected chi connectivity index (χ1v) is 8.88. The average Bonchev–Trinajstić information content (AvgIpc) is 3.29. The Hall–Kier alpha value is -3.75. The number of nitrogens with one attached hydrogen (secondary N) is 3. The van der Waals surface area contributed by atoms with Gasteiger partial charge >= 0.3 is 0 Å². The maximum Gasteiger partial charge on any atom is 0.271 e. The van der Waals surface area contributed by atoms with E-state index >= 15 is 0 Å². The van der Waals surface area contributed by atoms with Crippen LogP contribution in [0.3, 0.4) is 0 Å². The molecule has 0 radical (unpaired) electrons. The third-order valence-corrected chi connectivity index (χ3v) is 4.30. The number of carbonyl (C=O) groups is 1. The zero-order chi connectivity index (χ0) is 19.5. The third-order valence-electron chi connectivity index (χ3n) is 4.30. The Labute approximate surface area is 159 Å². The predicted molar refractivity (Wildman–Crippen MR) is 103 cm³/mol. The molecule has 0 aliphatic rings. The molecule has 1 amide bonds. The molecule has 3 heterocycles. The summed E-state index contributed by atoms with van der Waals surface area (Å²) in [7, 11) is 0. The molecule has 3 aromatic heterocycles. The van der Waals surface area contributed by atoms with Gasteiger partial charge in [-0.3, -0.25) is 14.7 Å². The van der Waals surface area contributed by atoms with E-state index in [2.05, 4.69) is 30.5 Å². The fourth-order valence-electron chi connectivity index (χ4n) is 3.02. The molecule has 0 aliphatic heterocycles. The molecule has 0 saturated heterocycles. The van der Waals surface area contributed by atoms with Crippen molar-refractivity contribution in [2.45, 2.75) is 19.9 Å². The molecule has 142 valence electrons. The summed E-state index contributed by atoms with van der Waals surface area (Å²) in [4.78, 5) is 35.0. The van der Waals surface area contributed by atoms with Gasteiger partial charge < -0.3 is 14.9 Å². The highest BCUT2D eigenvalue weighted by atomic mass is 16.2. The lowest BCUT2D eigenvalue weighted by atomic mass is 10.3. The summed E-state index contributed by atoms with van der Waals surface area (Å²) < 4.78 is 1.99. The van der Waals surface area contributed by atoms with E-state index in [1.54, 1.807) is 19.3 Å². The molecule has 28 heavy (non-hydrogen) atoms. The van der Waals surface area contributed by atoms with E-state index in [4.69, 9.17) is 0 Å². The van der Waals surface area contributed by atoms with Crippen molar-refractivity contribution in [3.05, 3.63) is 76.0 Å². The number of rotatable bonds is 6. The lowest BCUT2D eigenvalue weighted by Crippen LogP contribution is -2.27. The minimum atomic E-state index is -0.284. The minimum Gasteiger partial charge on any atom is -0.350 e. The van der Waals surface area contributed by atoms with E-state index in [1.165, 1.54) is 6.07 Å². The van der Waals surface area contributed by atoms with Gasteiger partial charge in [-0.25, -0.2) is 9.97 Å². The van der Waals surface area contributed by atoms with Gasteiger partial charge in [-0.05, 0) is 25.1 Å². The van der Waals surface area contributed by atoms with Crippen LogP contribution in [0.15, 0.2) is 47.5 Å². The summed E-state index contributed by atoms with van der Waals surface area (Å²) in [6.45, 7) is 2.64. The first-order chi connectivity index (χ1) is 13.6. The first kappa shape index (κ1) is 17.7. The summed E-state index contributed by atoms with van der Waals surface area (Å²) >= 11 is 0. The second-order valence-corrected chi connectivity index (χ2v) is 6.48. The van der Waals surface area contributed by atoms with Gasteiger partial charge in [0.15, 0.2) is 0 Å². The van der Waals surface area contributed by atoms with E-state index in [0.29, 0.717) is 36.7 Å². The number of aromatic nitrogens is 6. The fraction of sp³-hybridized carbons (Fsp3) is 0.211. The summed E-state index contributed by atoms with van der Waals surface area (Å²) in [5.41, 5.74) is 3.50. The van der Waals surface area contributed by atoms with Crippen molar-refractivity contribution >= 4 is 16.9 Å². The Morgan fingerprint density at radius 1 is 1.25 bits per heavy atom.